The van der Waals surface area contributed by atoms with E-state index in [1.807, 2.05) is 12.1 Å². The van der Waals surface area contributed by atoms with E-state index >= 15 is 0 Å². The largest absolute Gasteiger partial charge is 0.478 e. The number of rotatable bonds is 2. The van der Waals surface area contributed by atoms with E-state index < -0.39 is 5.97 Å². The second-order valence-corrected chi connectivity index (χ2v) is 6.62. The summed E-state index contributed by atoms with van der Waals surface area (Å²) in [5.74, 6) is -0.959. The second kappa shape index (κ2) is 5.58. The van der Waals surface area contributed by atoms with Crippen molar-refractivity contribution >= 4 is 17.3 Å². The van der Waals surface area contributed by atoms with Crippen LogP contribution in [-0.4, -0.2) is 24.2 Å². The molecule has 1 saturated carbocycles. The Kier molecular flexibility index (Phi) is 3.79. The zero-order valence-electron chi connectivity index (χ0n) is 12.5. The van der Waals surface area contributed by atoms with E-state index in [2.05, 4.69) is 4.90 Å². The standard InChI is InChI=1S/C17H24N2O2/c18-15-12-13(4-5-14(15)16(20)21)19-10-8-17(9-11-19)6-2-1-3-7-17/h4-5,12H,1-3,6-11,18H2,(H,20,21). The molecule has 0 unspecified atom stereocenters. The molecule has 0 bridgehead atoms. The maximum Gasteiger partial charge on any atom is 0.337 e. The van der Waals surface area contributed by atoms with E-state index in [0.29, 0.717) is 11.1 Å². The fraction of sp³-hybridized carbons (Fsp3) is 0.588. The Morgan fingerprint density at radius 2 is 1.76 bits per heavy atom. The van der Waals surface area contributed by atoms with Crippen molar-refractivity contribution in [2.45, 2.75) is 44.9 Å². The van der Waals surface area contributed by atoms with Crippen LogP contribution in [0.4, 0.5) is 11.4 Å². The first-order valence-corrected chi connectivity index (χ1v) is 7.97. The van der Waals surface area contributed by atoms with Crippen LogP contribution in [0.3, 0.4) is 0 Å². The second-order valence-electron chi connectivity index (χ2n) is 6.62. The molecule has 1 saturated heterocycles. The van der Waals surface area contributed by atoms with Crippen molar-refractivity contribution in [1.82, 2.24) is 0 Å². The molecule has 3 rings (SSSR count). The molecular weight excluding hydrogens is 264 g/mol. The lowest BCUT2D eigenvalue weighted by Crippen LogP contribution is -2.41. The molecule has 1 heterocycles. The number of nitrogens with zero attached hydrogens (tertiary/aromatic N) is 1. The summed E-state index contributed by atoms with van der Waals surface area (Å²) in [5, 5.41) is 9.04. The highest BCUT2D eigenvalue weighted by Gasteiger charge is 2.35. The molecule has 1 spiro atoms. The number of carboxylic acid groups (broad SMARTS) is 1. The molecule has 4 heteroatoms. The minimum absolute atomic E-state index is 0.194. The number of hydrogen-bond donors (Lipinski definition) is 2. The van der Waals surface area contributed by atoms with E-state index in [0.717, 1.165) is 18.8 Å². The number of benzene rings is 1. The van der Waals surface area contributed by atoms with Gasteiger partial charge in [-0.1, -0.05) is 19.3 Å². The third-order valence-electron chi connectivity index (χ3n) is 5.37. The molecule has 0 aromatic heterocycles. The molecule has 114 valence electrons. The summed E-state index contributed by atoms with van der Waals surface area (Å²) in [5.41, 5.74) is 8.05. The van der Waals surface area contributed by atoms with Gasteiger partial charge in [0, 0.05) is 24.5 Å². The lowest BCUT2D eigenvalue weighted by molar-refractivity contribution is 0.0698. The predicted molar refractivity (Wildman–Crippen MR) is 84.8 cm³/mol. The minimum atomic E-state index is -0.959. The Morgan fingerprint density at radius 3 is 2.33 bits per heavy atom. The smallest absolute Gasteiger partial charge is 0.337 e. The molecule has 2 fully saturated rings. The Morgan fingerprint density at radius 1 is 1.10 bits per heavy atom. The first-order chi connectivity index (χ1) is 10.1. The molecule has 1 aliphatic heterocycles. The number of piperidine rings is 1. The molecule has 1 aliphatic carbocycles. The number of hydrogen-bond acceptors (Lipinski definition) is 3. The molecule has 0 amide bonds. The molecule has 4 nitrogen and oxygen atoms in total. The Hall–Kier alpha value is -1.71. The summed E-state index contributed by atoms with van der Waals surface area (Å²) in [4.78, 5) is 13.4. The Balaban J connectivity index is 1.69. The van der Waals surface area contributed by atoms with E-state index in [-0.39, 0.29) is 5.56 Å². The van der Waals surface area contributed by atoms with Gasteiger partial charge in [-0.25, -0.2) is 4.79 Å². The van der Waals surface area contributed by atoms with Crippen LogP contribution >= 0.6 is 0 Å². The fourth-order valence-electron chi connectivity index (χ4n) is 3.98. The van der Waals surface area contributed by atoms with Gasteiger partial charge in [-0.3, -0.25) is 0 Å². The highest BCUT2D eigenvalue weighted by Crippen LogP contribution is 2.45. The van der Waals surface area contributed by atoms with Crippen LogP contribution < -0.4 is 10.6 Å². The predicted octanol–water partition coefficient (Wildman–Crippen LogP) is 3.52. The maximum atomic E-state index is 11.0. The molecular formula is C17H24N2O2. The van der Waals surface area contributed by atoms with E-state index in [1.54, 1.807) is 6.07 Å². The van der Waals surface area contributed by atoms with Crippen LogP contribution in [0.2, 0.25) is 0 Å². The Bertz CT molecular complexity index is 526. The summed E-state index contributed by atoms with van der Waals surface area (Å²) in [7, 11) is 0. The van der Waals surface area contributed by atoms with Gasteiger partial charge in [0.2, 0.25) is 0 Å². The van der Waals surface area contributed by atoms with Gasteiger partial charge >= 0.3 is 5.97 Å². The van der Waals surface area contributed by atoms with Gasteiger partial charge in [0.25, 0.3) is 0 Å². The maximum absolute atomic E-state index is 11.0. The minimum Gasteiger partial charge on any atom is -0.478 e. The number of nitrogens with two attached hydrogens (primary N) is 1. The SMILES string of the molecule is Nc1cc(N2CCC3(CCCCC3)CC2)ccc1C(=O)O. The number of carboxylic acids is 1. The van der Waals surface area contributed by atoms with E-state index in [1.165, 1.54) is 44.9 Å². The van der Waals surface area contributed by atoms with Gasteiger partial charge in [-0.2, -0.15) is 0 Å². The van der Waals surface area contributed by atoms with Gasteiger partial charge in [-0.05, 0) is 49.3 Å². The lowest BCUT2D eigenvalue weighted by Gasteiger charge is -2.45. The van der Waals surface area contributed by atoms with Crippen LogP contribution in [0, 0.1) is 5.41 Å². The van der Waals surface area contributed by atoms with E-state index in [9.17, 15) is 4.79 Å². The van der Waals surface area contributed by atoms with Gasteiger partial charge in [-0.15, -0.1) is 0 Å². The van der Waals surface area contributed by atoms with Crippen molar-refractivity contribution in [1.29, 1.82) is 0 Å². The van der Waals surface area contributed by atoms with Crippen LogP contribution in [0.15, 0.2) is 18.2 Å². The molecule has 2 aliphatic rings. The molecule has 1 aromatic rings. The number of aromatic carboxylic acids is 1. The van der Waals surface area contributed by atoms with Crippen LogP contribution in [-0.2, 0) is 0 Å². The topological polar surface area (TPSA) is 66.6 Å². The van der Waals surface area contributed by atoms with Crippen LogP contribution in [0.5, 0.6) is 0 Å². The molecule has 1 aromatic carbocycles. The van der Waals surface area contributed by atoms with Crippen LogP contribution in [0.25, 0.3) is 0 Å². The quantitative estimate of drug-likeness (QED) is 0.817. The Labute approximate surface area is 125 Å². The zero-order valence-corrected chi connectivity index (χ0v) is 12.5. The van der Waals surface area contributed by atoms with Gasteiger partial charge in [0.1, 0.15) is 0 Å². The van der Waals surface area contributed by atoms with Crippen molar-refractivity contribution in [2.75, 3.05) is 23.7 Å². The van der Waals surface area contributed by atoms with Crippen molar-refractivity contribution < 1.29 is 9.90 Å². The molecule has 3 N–H and O–H groups in total. The number of carbonyl (C=O) groups is 1. The third-order valence-corrected chi connectivity index (χ3v) is 5.37. The first kappa shape index (κ1) is 14.2. The number of anilines is 2. The molecule has 0 radical (unpaired) electrons. The first-order valence-electron chi connectivity index (χ1n) is 7.97. The van der Waals surface area contributed by atoms with Crippen molar-refractivity contribution in [3.05, 3.63) is 23.8 Å². The van der Waals surface area contributed by atoms with Crippen molar-refractivity contribution in [3.63, 3.8) is 0 Å². The summed E-state index contributed by atoms with van der Waals surface area (Å²) >= 11 is 0. The van der Waals surface area contributed by atoms with Crippen LogP contribution in [0.1, 0.15) is 55.3 Å². The van der Waals surface area contributed by atoms with Crippen molar-refractivity contribution in [2.24, 2.45) is 5.41 Å². The zero-order chi connectivity index (χ0) is 14.9. The van der Waals surface area contributed by atoms with Gasteiger partial charge in [0.15, 0.2) is 0 Å². The number of nitrogen functional groups attached to an aromatic ring is 1. The average Bonchev–Trinajstić information content (AvgIpc) is 2.48. The van der Waals surface area contributed by atoms with Gasteiger partial charge in [0.05, 0.1) is 5.56 Å². The molecule has 21 heavy (non-hydrogen) atoms. The summed E-state index contributed by atoms with van der Waals surface area (Å²) in [6.07, 6.45) is 9.47. The summed E-state index contributed by atoms with van der Waals surface area (Å²) in [6, 6.07) is 5.32. The highest BCUT2D eigenvalue weighted by molar-refractivity contribution is 5.94. The van der Waals surface area contributed by atoms with E-state index in [4.69, 9.17) is 10.8 Å². The summed E-state index contributed by atoms with van der Waals surface area (Å²) in [6.45, 7) is 2.12. The monoisotopic (exact) mass is 288 g/mol. The fourth-order valence-corrected chi connectivity index (χ4v) is 3.98. The molecule has 0 atom stereocenters. The summed E-state index contributed by atoms with van der Waals surface area (Å²) < 4.78 is 0. The highest BCUT2D eigenvalue weighted by atomic mass is 16.4. The normalized spacial score (nSPS) is 21.4. The van der Waals surface area contributed by atoms with Crippen molar-refractivity contribution in [3.8, 4) is 0 Å². The van der Waals surface area contributed by atoms with Gasteiger partial charge < -0.3 is 15.7 Å². The third kappa shape index (κ3) is 2.85. The lowest BCUT2D eigenvalue weighted by atomic mass is 9.68. The average molecular weight is 288 g/mol.